The average Bonchev–Trinajstić information content (AvgIpc) is 2.71. The molecule has 0 spiro atoms. The Morgan fingerprint density at radius 1 is 0.852 bits per heavy atom. The Bertz CT molecular complexity index is 844. The van der Waals surface area contributed by atoms with Crippen LogP contribution in [0.25, 0.3) is 0 Å². The second kappa shape index (κ2) is 9.58. The normalized spacial score (nSPS) is 11.7. The first kappa shape index (κ1) is 18.7. The fourth-order valence-electron chi connectivity index (χ4n) is 3.17. The molecule has 0 aromatic heterocycles. The van der Waals surface area contributed by atoms with Crippen molar-refractivity contribution in [1.82, 2.24) is 0 Å². The summed E-state index contributed by atoms with van der Waals surface area (Å²) in [4.78, 5) is 11.8. The van der Waals surface area contributed by atoms with E-state index in [1.54, 1.807) is 0 Å². The van der Waals surface area contributed by atoms with Gasteiger partial charge in [0.05, 0.1) is 12.5 Å². The van der Waals surface area contributed by atoms with Gasteiger partial charge in [0, 0.05) is 0 Å². The van der Waals surface area contributed by atoms with Crippen molar-refractivity contribution in [3.05, 3.63) is 102 Å². The first-order chi connectivity index (χ1) is 13.2. The Morgan fingerprint density at radius 3 is 2.19 bits per heavy atom. The molecular formula is C24H24O3. The topological polar surface area (TPSA) is 46.5 Å². The number of ether oxygens (including phenoxy) is 1. The van der Waals surface area contributed by atoms with Gasteiger partial charge >= 0.3 is 5.97 Å². The number of aliphatic carboxylic acids is 1. The number of aryl methyl sites for hydroxylation is 1. The van der Waals surface area contributed by atoms with Crippen LogP contribution < -0.4 is 4.74 Å². The van der Waals surface area contributed by atoms with Gasteiger partial charge in [-0.3, -0.25) is 4.79 Å². The Balaban J connectivity index is 1.63. The van der Waals surface area contributed by atoms with Gasteiger partial charge in [0.1, 0.15) is 5.75 Å². The summed E-state index contributed by atoms with van der Waals surface area (Å²) in [7, 11) is 0. The van der Waals surface area contributed by atoms with Gasteiger partial charge in [-0.25, -0.2) is 0 Å². The van der Waals surface area contributed by atoms with Crippen molar-refractivity contribution in [2.24, 2.45) is 0 Å². The minimum Gasteiger partial charge on any atom is -0.493 e. The molecule has 1 unspecified atom stereocenters. The van der Waals surface area contributed by atoms with Gasteiger partial charge in [-0.05, 0) is 42.0 Å². The molecule has 3 aromatic rings. The molecule has 1 N–H and O–H groups in total. The van der Waals surface area contributed by atoms with Gasteiger partial charge in [-0.15, -0.1) is 0 Å². The Morgan fingerprint density at radius 2 is 1.48 bits per heavy atom. The van der Waals surface area contributed by atoms with E-state index in [0.29, 0.717) is 13.0 Å². The van der Waals surface area contributed by atoms with Gasteiger partial charge in [0.15, 0.2) is 0 Å². The number of benzene rings is 3. The largest absolute Gasteiger partial charge is 0.493 e. The lowest BCUT2D eigenvalue weighted by Gasteiger charge is -2.16. The molecular weight excluding hydrogens is 336 g/mol. The van der Waals surface area contributed by atoms with Crippen LogP contribution in [0.1, 0.15) is 29.0 Å². The minimum absolute atomic E-state index is 0.411. The summed E-state index contributed by atoms with van der Waals surface area (Å²) in [5, 5.41) is 9.68. The van der Waals surface area contributed by atoms with Crippen molar-refractivity contribution in [2.45, 2.75) is 25.2 Å². The van der Waals surface area contributed by atoms with E-state index < -0.39 is 11.9 Å². The fourth-order valence-corrected chi connectivity index (χ4v) is 3.17. The second-order valence-corrected chi connectivity index (χ2v) is 6.55. The molecule has 0 saturated carbocycles. The van der Waals surface area contributed by atoms with Crippen LogP contribution in [-0.4, -0.2) is 17.7 Å². The van der Waals surface area contributed by atoms with E-state index in [0.717, 1.165) is 29.7 Å². The van der Waals surface area contributed by atoms with Gasteiger partial charge in [0.2, 0.25) is 0 Å². The number of carboxylic acid groups (broad SMARTS) is 1. The van der Waals surface area contributed by atoms with E-state index in [2.05, 4.69) is 12.1 Å². The Kier molecular flexibility index (Phi) is 6.64. The summed E-state index contributed by atoms with van der Waals surface area (Å²) in [5.41, 5.74) is 3.03. The van der Waals surface area contributed by atoms with Gasteiger partial charge in [0.25, 0.3) is 0 Å². The van der Waals surface area contributed by atoms with Crippen molar-refractivity contribution in [1.29, 1.82) is 0 Å². The minimum atomic E-state index is -0.819. The number of carbonyl (C=O) groups is 1. The number of carboxylic acids is 1. The first-order valence-electron chi connectivity index (χ1n) is 9.26. The van der Waals surface area contributed by atoms with Crippen LogP contribution >= 0.6 is 0 Å². The molecule has 0 saturated heterocycles. The Labute approximate surface area is 160 Å². The zero-order valence-corrected chi connectivity index (χ0v) is 15.3. The van der Waals surface area contributed by atoms with Crippen LogP contribution in [0.3, 0.4) is 0 Å². The van der Waals surface area contributed by atoms with Gasteiger partial charge in [-0.1, -0.05) is 78.9 Å². The van der Waals surface area contributed by atoms with E-state index >= 15 is 0 Å². The number of hydrogen-bond donors (Lipinski definition) is 1. The van der Waals surface area contributed by atoms with Gasteiger partial charge < -0.3 is 9.84 Å². The summed E-state index contributed by atoms with van der Waals surface area (Å²) >= 11 is 0. The van der Waals surface area contributed by atoms with E-state index in [9.17, 15) is 9.90 Å². The summed E-state index contributed by atoms with van der Waals surface area (Å²) in [6.07, 6.45) is 2.29. The van der Waals surface area contributed by atoms with Crippen molar-refractivity contribution in [2.75, 3.05) is 6.61 Å². The smallest absolute Gasteiger partial charge is 0.311 e. The molecule has 0 aliphatic carbocycles. The quantitative estimate of drug-likeness (QED) is 0.540. The predicted molar refractivity (Wildman–Crippen MR) is 107 cm³/mol. The summed E-state index contributed by atoms with van der Waals surface area (Å²) in [6, 6.07) is 27.4. The predicted octanol–water partition coefficient (Wildman–Crippen LogP) is 5.11. The molecule has 138 valence electrons. The molecule has 0 bridgehead atoms. The average molecular weight is 360 g/mol. The number of hydrogen-bond acceptors (Lipinski definition) is 2. The molecule has 1 atom stereocenters. The van der Waals surface area contributed by atoms with Crippen molar-refractivity contribution in [3.63, 3.8) is 0 Å². The lowest BCUT2D eigenvalue weighted by Crippen LogP contribution is -2.15. The molecule has 0 aliphatic rings. The molecule has 3 nitrogen and oxygen atoms in total. The zero-order chi connectivity index (χ0) is 18.9. The number of rotatable bonds is 9. The monoisotopic (exact) mass is 360 g/mol. The summed E-state index contributed by atoms with van der Waals surface area (Å²) < 4.78 is 5.98. The van der Waals surface area contributed by atoms with Crippen molar-refractivity contribution < 1.29 is 14.6 Å². The third-order valence-electron chi connectivity index (χ3n) is 4.61. The lowest BCUT2D eigenvalue weighted by molar-refractivity contribution is -0.138. The van der Waals surface area contributed by atoms with E-state index in [1.807, 2.05) is 72.8 Å². The number of para-hydroxylation sites is 1. The lowest BCUT2D eigenvalue weighted by atomic mass is 9.92. The van der Waals surface area contributed by atoms with Crippen LogP contribution in [0.15, 0.2) is 84.9 Å². The van der Waals surface area contributed by atoms with Crippen LogP contribution in [-0.2, 0) is 17.6 Å². The van der Waals surface area contributed by atoms with Crippen LogP contribution in [0.5, 0.6) is 5.75 Å². The molecule has 0 radical (unpaired) electrons. The maximum atomic E-state index is 11.8. The first-order valence-corrected chi connectivity index (χ1v) is 9.26. The zero-order valence-electron chi connectivity index (χ0n) is 15.3. The van der Waals surface area contributed by atoms with Crippen LogP contribution in [0, 0.1) is 0 Å². The maximum absolute atomic E-state index is 11.8. The van der Waals surface area contributed by atoms with Crippen LogP contribution in [0.4, 0.5) is 0 Å². The molecule has 0 aliphatic heterocycles. The van der Waals surface area contributed by atoms with Crippen molar-refractivity contribution in [3.8, 4) is 5.75 Å². The highest BCUT2D eigenvalue weighted by Gasteiger charge is 2.21. The molecule has 3 aromatic carbocycles. The second-order valence-electron chi connectivity index (χ2n) is 6.55. The van der Waals surface area contributed by atoms with E-state index in [1.165, 1.54) is 5.56 Å². The van der Waals surface area contributed by atoms with Crippen molar-refractivity contribution >= 4 is 5.97 Å². The highest BCUT2D eigenvalue weighted by Crippen LogP contribution is 2.27. The highest BCUT2D eigenvalue weighted by molar-refractivity contribution is 5.76. The third kappa shape index (κ3) is 5.45. The maximum Gasteiger partial charge on any atom is 0.311 e. The molecule has 3 heteroatoms. The summed E-state index contributed by atoms with van der Waals surface area (Å²) in [6.45, 7) is 0.606. The van der Waals surface area contributed by atoms with Gasteiger partial charge in [-0.2, -0.15) is 0 Å². The molecule has 27 heavy (non-hydrogen) atoms. The SMILES string of the molecule is O=C(O)C(Cc1ccccc1OCCCc1ccccc1)c1ccccc1. The fraction of sp³-hybridized carbons (Fsp3) is 0.208. The molecule has 0 fully saturated rings. The van der Waals surface area contributed by atoms with E-state index in [-0.39, 0.29) is 0 Å². The molecule has 0 heterocycles. The summed E-state index contributed by atoms with van der Waals surface area (Å²) in [5.74, 6) is -0.631. The van der Waals surface area contributed by atoms with Crippen LogP contribution in [0.2, 0.25) is 0 Å². The molecule has 0 amide bonds. The standard InChI is InChI=1S/C24H24O3/c25-24(26)22(20-13-5-2-6-14-20)18-21-15-7-8-16-23(21)27-17-9-12-19-10-3-1-4-11-19/h1-8,10-11,13-16,22H,9,12,17-18H2,(H,25,26). The Hall–Kier alpha value is -3.07. The van der Waals surface area contributed by atoms with E-state index in [4.69, 9.17) is 4.74 Å². The highest BCUT2D eigenvalue weighted by atomic mass is 16.5. The molecule has 3 rings (SSSR count). The third-order valence-corrected chi connectivity index (χ3v) is 4.61.